The van der Waals surface area contributed by atoms with E-state index < -0.39 is 0 Å². The van der Waals surface area contributed by atoms with E-state index in [9.17, 15) is 0 Å². The van der Waals surface area contributed by atoms with Gasteiger partial charge in [0.25, 0.3) is 0 Å². The first kappa shape index (κ1) is 13.1. The molecule has 0 aromatic heterocycles. The summed E-state index contributed by atoms with van der Waals surface area (Å²) in [7, 11) is 0. The molecule has 1 heterocycles. The summed E-state index contributed by atoms with van der Waals surface area (Å²) in [5.41, 5.74) is 5.07. The summed E-state index contributed by atoms with van der Waals surface area (Å²) in [6.07, 6.45) is 0. The summed E-state index contributed by atoms with van der Waals surface area (Å²) in [6, 6.07) is 17.5. The van der Waals surface area contributed by atoms with E-state index in [2.05, 4.69) is 73.0 Å². The Morgan fingerprint density at radius 2 is 1.25 bits per heavy atom. The van der Waals surface area contributed by atoms with Crippen molar-refractivity contribution in [2.45, 2.75) is 25.9 Å². The van der Waals surface area contributed by atoms with Crippen LogP contribution in [0.15, 0.2) is 48.5 Å². The molecule has 0 radical (unpaired) electrons. The quantitative estimate of drug-likeness (QED) is 0.824. The van der Waals surface area contributed by atoms with Crippen molar-refractivity contribution in [2.75, 3.05) is 0 Å². The van der Waals surface area contributed by atoms with Crippen LogP contribution in [0.4, 0.5) is 0 Å². The molecule has 2 nitrogen and oxygen atoms in total. The number of hydrogen-bond acceptors (Lipinski definition) is 1. The smallest absolute Gasteiger partial charge is 0.167 e. The summed E-state index contributed by atoms with van der Waals surface area (Å²) in [6.45, 7) is 4.23. The Labute approximate surface area is 125 Å². The van der Waals surface area contributed by atoms with Gasteiger partial charge in [0.05, 0.1) is 12.1 Å². The van der Waals surface area contributed by atoms with Crippen molar-refractivity contribution in [1.82, 2.24) is 10.6 Å². The van der Waals surface area contributed by atoms with E-state index in [1.807, 2.05) is 0 Å². The van der Waals surface area contributed by atoms with Crippen LogP contribution in [0.5, 0.6) is 0 Å². The van der Waals surface area contributed by atoms with Crippen LogP contribution < -0.4 is 10.6 Å². The third-order valence-corrected chi connectivity index (χ3v) is 3.94. The van der Waals surface area contributed by atoms with Crippen molar-refractivity contribution >= 4 is 17.3 Å². The van der Waals surface area contributed by atoms with Crippen LogP contribution in [-0.4, -0.2) is 5.11 Å². The predicted octanol–water partition coefficient (Wildman–Crippen LogP) is 3.56. The number of nitrogens with one attached hydrogen (secondary N) is 2. The van der Waals surface area contributed by atoms with Crippen LogP contribution in [0.3, 0.4) is 0 Å². The zero-order chi connectivity index (χ0) is 14.1. The molecule has 20 heavy (non-hydrogen) atoms. The third kappa shape index (κ3) is 2.54. The molecule has 0 saturated carbocycles. The lowest BCUT2D eigenvalue weighted by atomic mass is 9.93. The molecule has 1 fully saturated rings. The summed E-state index contributed by atoms with van der Waals surface area (Å²) in [5, 5.41) is 7.50. The molecule has 0 unspecified atom stereocenters. The van der Waals surface area contributed by atoms with Crippen LogP contribution in [-0.2, 0) is 0 Å². The van der Waals surface area contributed by atoms with Gasteiger partial charge in [-0.3, -0.25) is 0 Å². The van der Waals surface area contributed by atoms with Gasteiger partial charge < -0.3 is 10.6 Å². The van der Waals surface area contributed by atoms with Crippen molar-refractivity contribution in [3.8, 4) is 0 Å². The molecule has 2 aromatic rings. The normalized spacial score (nSPS) is 21.4. The highest BCUT2D eigenvalue weighted by Crippen LogP contribution is 2.33. The Hall–Kier alpha value is -1.87. The zero-order valence-corrected chi connectivity index (χ0v) is 12.5. The lowest BCUT2D eigenvalue weighted by Gasteiger charge is -2.20. The minimum absolute atomic E-state index is 0.184. The summed E-state index contributed by atoms with van der Waals surface area (Å²) >= 11 is 5.32. The molecule has 1 saturated heterocycles. The SMILES string of the molecule is Cc1cccc([C@H]2NC(=S)N[C@H]2c2cccc(C)c2)c1. The van der Waals surface area contributed by atoms with Gasteiger partial charge >= 0.3 is 0 Å². The molecular formula is C17H18N2S. The van der Waals surface area contributed by atoms with Gasteiger partial charge in [0.15, 0.2) is 5.11 Å². The topological polar surface area (TPSA) is 24.1 Å². The molecule has 0 spiro atoms. The molecule has 0 aliphatic carbocycles. The van der Waals surface area contributed by atoms with Gasteiger partial charge in [-0.25, -0.2) is 0 Å². The van der Waals surface area contributed by atoms with Gasteiger partial charge in [-0.1, -0.05) is 59.7 Å². The molecule has 3 heteroatoms. The molecule has 102 valence electrons. The highest BCUT2D eigenvalue weighted by atomic mass is 32.1. The lowest BCUT2D eigenvalue weighted by molar-refractivity contribution is 0.553. The van der Waals surface area contributed by atoms with E-state index in [0.29, 0.717) is 0 Å². The Bertz CT molecular complexity index is 595. The fourth-order valence-corrected chi connectivity index (χ4v) is 3.02. The molecule has 2 atom stereocenters. The number of aryl methyl sites for hydroxylation is 2. The highest BCUT2D eigenvalue weighted by Gasteiger charge is 2.31. The Kier molecular flexibility index (Phi) is 3.45. The maximum Gasteiger partial charge on any atom is 0.167 e. The molecular weight excluding hydrogens is 264 g/mol. The fourth-order valence-electron chi connectivity index (χ4n) is 2.77. The number of benzene rings is 2. The van der Waals surface area contributed by atoms with Gasteiger partial charge in [0.2, 0.25) is 0 Å². The van der Waals surface area contributed by atoms with Gasteiger partial charge in [-0.15, -0.1) is 0 Å². The summed E-state index contributed by atoms with van der Waals surface area (Å²) in [4.78, 5) is 0. The first-order valence-electron chi connectivity index (χ1n) is 6.83. The van der Waals surface area contributed by atoms with Crippen LogP contribution in [0, 0.1) is 13.8 Å². The average molecular weight is 282 g/mol. The third-order valence-electron chi connectivity index (χ3n) is 3.71. The van der Waals surface area contributed by atoms with Gasteiger partial charge in [0, 0.05) is 0 Å². The predicted molar refractivity (Wildman–Crippen MR) is 86.7 cm³/mol. The summed E-state index contributed by atoms with van der Waals surface area (Å²) in [5.74, 6) is 0. The van der Waals surface area contributed by atoms with Crippen LogP contribution in [0.2, 0.25) is 0 Å². The van der Waals surface area contributed by atoms with Crippen LogP contribution in [0.25, 0.3) is 0 Å². The molecule has 0 amide bonds. The summed E-state index contributed by atoms with van der Waals surface area (Å²) < 4.78 is 0. The highest BCUT2D eigenvalue weighted by molar-refractivity contribution is 7.80. The monoisotopic (exact) mass is 282 g/mol. The maximum atomic E-state index is 5.32. The number of rotatable bonds is 2. The van der Waals surface area contributed by atoms with Crippen molar-refractivity contribution in [1.29, 1.82) is 0 Å². The number of hydrogen-bond donors (Lipinski definition) is 2. The Morgan fingerprint density at radius 1 is 0.800 bits per heavy atom. The minimum atomic E-state index is 0.184. The first-order chi connectivity index (χ1) is 9.63. The van der Waals surface area contributed by atoms with Gasteiger partial charge in [-0.05, 0) is 37.2 Å². The van der Waals surface area contributed by atoms with E-state index in [4.69, 9.17) is 12.2 Å². The van der Waals surface area contributed by atoms with Gasteiger partial charge in [-0.2, -0.15) is 0 Å². The Morgan fingerprint density at radius 3 is 1.65 bits per heavy atom. The second-order valence-electron chi connectivity index (χ2n) is 5.40. The number of thiocarbonyl (C=S) groups is 1. The Balaban J connectivity index is 1.99. The van der Waals surface area contributed by atoms with Crippen molar-refractivity contribution in [2.24, 2.45) is 0 Å². The van der Waals surface area contributed by atoms with Crippen molar-refractivity contribution in [3.05, 3.63) is 70.8 Å². The van der Waals surface area contributed by atoms with E-state index in [0.717, 1.165) is 5.11 Å². The first-order valence-corrected chi connectivity index (χ1v) is 7.24. The second kappa shape index (κ2) is 5.25. The zero-order valence-electron chi connectivity index (χ0n) is 11.7. The molecule has 0 bridgehead atoms. The standard InChI is InChI=1S/C17H18N2S/c1-11-5-3-7-13(9-11)15-16(19-17(20)18-15)14-8-4-6-12(2)10-14/h3-10,15-16H,1-2H3,(H2,18,19,20)/t15-,16+. The second-order valence-corrected chi connectivity index (χ2v) is 5.81. The molecule has 2 N–H and O–H groups in total. The van der Waals surface area contributed by atoms with E-state index >= 15 is 0 Å². The molecule has 2 aromatic carbocycles. The largest absolute Gasteiger partial charge is 0.353 e. The molecule has 3 rings (SSSR count). The minimum Gasteiger partial charge on any atom is -0.353 e. The fraction of sp³-hybridized carbons (Fsp3) is 0.235. The average Bonchev–Trinajstić information content (AvgIpc) is 2.81. The van der Waals surface area contributed by atoms with Crippen molar-refractivity contribution in [3.63, 3.8) is 0 Å². The molecule has 1 aliphatic heterocycles. The molecule has 1 aliphatic rings. The van der Waals surface area contributed by atoms with E-state index in [1.54, 1.807) is 0 Å². The van der Waals surface area contributed by atoms with Crippen molar-refractivity contribution < 1.29 is 0 Å². The van der Waals surface area contributed by atoms with Gasteiger partial charge in [0.1, 0.15) is 0 Å². The maximum absolute atomic E-state index is 5.32. The van der Waals surface area contributed by atoms with E-state index in [-0.39, 0.29) is 12.1 Å². The van der Waals surface area contributed by atoms with E-state index in [1.165, 1.54) is 22.3 Å². The van der Waals surface area contributed by atoms with Crippen LogP contribution in [0.1, 0.15) is 34.3 Å². The lowest BCUT2D eigenvalue weighted by Crippen LogP contribution is -2.21. The van der Waals surface area contributed by atoms with Crippen LogP contribution >= 0.6 is 12.2 Å².